The largest absolute Gasteiger partial charge is 0.389 e. The summed E-state index contributed by atoms with van der Waals surface area (Å²) in [6.07, 6.45) is 1.34. The summed E-state index contributed by atoms with van der Waals surface area (Å²) in [6, 6.07) is 13.5. The minimum absolute atomic E-state index is 0.523. The Morgan fingerprint density at radius 3 is 2.60 bits per heavy atom. The Hall–Kier alpha value is -1.67. The van der Waals surface area contributed by atoms with E-state index in [0.29, 0.717) is 0 Å². The molecule has 0 unspecified atom stereocenters. The minimum Gasteiger partial charge on any atom is -0.389 e. The van der Waals surface area contributed by atoms with Crippen LogP contribution < -0.4 is 0 Å². The first-order chi connectivity index (χ1) is 7.29. The molecule has 0 saturated carbocycles. The van der Waals surface area contributed by atoms with Crippen molar-refractivity contribution in [3.63, 3.8) is 0 Å². The first-order valence-electron chi connectivity index (χ1n) is 4.75. The van der Waals surface area contributed by atoms with E-state index in [9.17, 15) is 4.39 Å². The van der Waals surface area contributed by atoms with E-state index in [4.69, 9.17) is 5.11 Å². The molecule has 0 amide bonds. The third kappa shape index (κ3) is 2.22. The van der Waals surface area contributed by atoms with E-state index < -0.39 is 12.4 Å². The van der Waals surface area contributed by atoms with Gasteiger partial charge in [0.15, 0.2) is 0 Å². The highest BCUT2D eigenvalue weighted by molar-refractivity contribution is 5.84. The zero-order valence-electron chi connectivity index (χ0n) is 8.15. The first kappa shape index (κ1) is 9.87. The minimum atomic E-state index is -0.549. The van der Waals surface area contributed by atoms with Gasteiger partial charge in [-0.3, -0.25) is 0 Å². The number of hydrogen-bond acceptors (Lipinski definition) is 1. The molecule has 1 nitrogen and oxygen atoms in total. The molecule has 0 aliphatic rings. The summed E-state index contributed by atoms with van der Waals surface area (Å²) in [6.45, 7) is -0.549. The van der Waals surface area contributed by atoms with E-state index in [-0.39, 0.29) is 0 Å². The maximum Gasteiger partial charge on any atom is 0.126 e. The summed E-state index contributed by atoms with van der Waals surface area (Å²) < 4.78 is 12.8. The van der Waals surface area contributed by atoms with Gasteiger partial charge >= 0.3 is 0 Å². The molecule has 2 heteroatoms. The van der Waals surface area contributed by atoms with Gasteiger partial charge in [0.2, 0.25) is 0 Å². The fourth-order valence-electron chi connectivity index (χ4n) is 1.52. The van der Waals surface area contributed by atoms with Crippen LogP contribution in [-0.2, 0) is 0 Å². The van der Waals surface area contributed by atoms with Gasteiger partial charge in [0, 0.05) is 0 Å². The van der Waals surface area contributed by atoms with E-state index in [1.54, 1.807) is 0 Å². The van der Waals surface area contributed by atoms with Crippen molar-refractivity contribution in [2.75, 3.05) is 6.61 Å². The van der Waals surface area contributed by atoms with Crippen LogP contribution in [0, 0.1) is 0 Å². The van der Waals surface area contributed by atoms with Crippen molar-refractivity contribution in [3.8, 4) is 0 Å². The highest BCUT2D eigenvalue weighted by Crippen LogP contribution is 2.17. The van der Waals surface area contributed by atoms with Crippen LogP contribution in [-0.4, -0.2) is 11.7 Å². The molecule has 1 N–H and O–H groups in total. The molecular formula is C13H11FO. The summed E-state index contributed by atoms with van der Waals surface area (Å²) in [7, 11) is 0. The third-order valence-electron chi connectivity index (χ3n) is 2.25. The Bertz CT molecular complexity index is 503. The third-order valence-corrected chi connectivity index (χ3v) is 2.25. The second-order valence-corrected chi connectivity index (χ2v) is 3.36. The fourth-order valence-corrected chi connectivity index (χ4v) is 1.52. The van der Waals surface area contributed by atoms with Crippen molar-refractivity contribution in [2.45, 2.75) is 0 Å². The molecule has 2 aromatic rings. The Labute approximate surface area is 87.5 Å². The molecule has 0 bridgehead atoms. The van der Waals surface area contributed by atoms with Crippen molar-refractivity contribution >= 4 is 16.8 Å². The van der Waals surface area contributed by atoms with Gasteiger partial charge in [-0.15, -0.1) is 0 Å². The molecule has 0 radical (unpaired) electrons. The molecule has 2 rings (SSSR count). The predicted octanol–water partition coefficient (Wildman–Crippen LogP) is 3.14. The van der Waals surface area contributed by atoms with E-state index in [1.807, 2.05) is 42.5 Å². The average Bonchev–Trinajstić information content (AvgIpc) is 2.29. The van der Waals surface area contributed by atoms with Crippen molar-refractivity contribution in [1.82, 2.24) is 0 Å². The predicted molar refractivity (Wildman–Crippen MR) is 60.1 cm³/mol. The topological polar surface area (TPSA) is 20.2 Å². The standard InChI is InChI=1S/C13H11FO/c14-13(9-15)8-10-5-6-11-3-1-2-4-12(11)7-10/h1-8,15H,9H2/b13-8+. The number of aliphatic hydroxyl groups excluding tert-OH is 1. The van der Waals surface area contributed by atoms with Gasteiger partial charge in [-0.05, 0) is 28.5 Å². The van der Waals surface area contributed by atoms with Crippen LogP contribution in [0.5, 0.6) is 0 Å². The average molecular weight is 202 g/mol. The zero-order valence-corrected chi connectivity index (χ0v) is 8.15. The Balaban J connectivity index is 2.47. The van der Waals surface area contributed by atoms with Gasteiger partial charge in [-0.25, -0.2) is 4.39 Å². The second kappa shape index (κ2) is 4.24. The van der Waals surface area contributed by atoms with Crippen molar-refractivity contribution in [2.24, 2.45) is 0 Å². The lowest BCUT2D eigenvalue weighted by atomic mass is 10.1. The molecule has 0 spiro atoms. The van der Waals surface area contributed by atoms with Gasteiger partial charge in [-0.1, -0.05) is 36.4 Å². The van der Waals surface area contributed by atoms with Crippen LogP contribution in [0.1, 0.15) is 5.56 Å². The first-order valence-corrected chi connectivity index (χ1v) is 4.75. The van der Waals surface area contributed by atoms with Gasteiger partial charge in [-0.2, -0.15) is 0 Å². The molecule has 2 aromatic carbocycles. The molecule has 0 atom stereocenters. The van der Waals surface area contributed by atoms with Crippen LogP contribution >= 0.6 is 0 Å². The smallest absolute Gasteiger partial charge is 0.126 e. The molecule has 15 heavy (non-hydrogen) atoms. The van der Waals surface area contributed by atoms with E-state index >= 15 is 0 Å². The summed E-state index contributed by atoms with van der Waals surface area (Å²) in [5.41, 5.74) is 0.764. The molecule has 76 valence electrons. The van der Waals surface area contributed by atoms with Gasteiger partial charge in [0.1, 0.15) is 5.83 Å². The second-order valence-electron chi connectivity index (χ2n) is 3.36. The van der Waals surface area contributed by atoms with Gasteiger partial charge < -0.3 is 5.11 Å². The lowest BCUT2D eigenvalue weighted by molar-refractivity contribution is 0.300. The van der Waals surface area contributed by atoms with Gasteiger partial charge in [0.05, 0.1) is 6.61 Å². The molecule has 0 aromatic heterocycles. The van der Waals surface area contributed by atoms with Crippen LogP contribution in [0.4, 0.5) is 4.39 Å². The number of hydrogen-bond donors (Lipinski definition) is 1. The Kier molecular flexibility index (Phi) is 2.79. The summed E-state index contributed by atoms with van der Waals surface area (Å²) in [4.78, 5) is 0. The highest BCUT2D eigenvalue weighted by atomic mass is 19.1. The van der Waals surface area contributed by atoms with Crippen LogP contribution in [0.25, 0.3) is 16.8 Å². The monoisotopic (exact) mass is 202 g/mol. The zero-order chi connectivity index (χ0) is 10.7. The molecule has 0 aliphatic heterocycles. The van der Waals surface area contributed by atoms with Crippen LogP contribution in [0.2, 0.25) is 0 Å². The summed E-state index contributed by atoms with van der Waals surface area (Å²) in [5, 5.41) is 10.8. The fraction of sp³-hybridized carbons (Fsp3) is 0.0769. The number of aliphatic hydroxyl groups is 1. The molecule has 0 fully saturated rings. The lowest BCUT2D eigenvalue weighted by Gasteiger charge is -1.99. The number of halogens is 1. The Morgan fingerprint density at radius 2 is 1.87 bits per heavy atom. The molecular weight excluding hydrogens is 191 g/mol. The lowest BCUT2D eigenvalue weighted by Crippen LogP contribution is -1.82. The number of rotatable bonds is 2. The number of fused-ring (bicyclic) bond motifs is 1. The van der Waals surface area contributed by atoms with Crippen LogP contribution in [0.3, 0.4) is 0 Å². The quantitative estimate of drug-likeness (QED) is 0.793. The molecule has 0 aliphatic carbocycles. The molecule has 0 saturated heterocycles. The SMILES string of the molecule is OC/C(F)=C\c1ccc2ccccc2c1. The normalized spacial score (nSPS) is 12.0. The maximum absolute atomic E-state index is 12.8. The molecule has 0 heterocycles. The summed E-state index contributed by atoms with van der Waals surface area (Å²) in [5.74, 6) is -0.523. The van der Waals surface area contributed by atoms with E-state index in [1.165, 1.54) is 6.08 Å². The van der Waals surface area contributed by atoms with Crippen molar-refractivity contribution in [1.29, 1.82) is 0 Å². The highest BCUT2D eigenvalue weighted by Gasteiger charge is 1.95. The van der Waals surface area contributed by atoms with Gasteiger partial charge in [0.25, 0.3) is 0 Å². The van der Waals surface area contributed by atoms with E-state index in [0.717, 1.165) is 16.3 Å². The van der Waals surface area contributed by atoms with Crippen molar-refractivity contribution < 1.29 is 9.50 Å². The van der Waals surface area contributed by atoms with E-state index in [2.05, 4.69) is 0 Å². The Morgan fingerprint density at radius 1 is 1.13 bits per heavy atom. The van der Waals surface area contributed by atoms with Crippen molar-refractivity contribution in [3.05, 3.63) is 53.9 Å². The maximum atomic E-state index is 12.8. The van der Waals surface area contributed by atoms with Crippen LogP contribution in [0.15, 0.2) is 48.3 Å². The summed E-state index contributed by atoms with van der Waals surface area (Å²) >= 11 is 0. The number of benzene rings is 2.